The molecule has 2 aliphatic heterocycles. The van der Waals surface area contributed by atoms with Gasteiger partial charge in [-0.2, -0.15) is 0 Å². The summed E-state index contributed by atoms with van der Waals surface area (Å²) in [5.41, 5.74) is 4.98. The first-order chi connectivity index (χ1) is 10.1. The third kappa shape index (κ3) is 3.13. The van der Waals surface area contributed by atoms with Crippen molar-refractivity contribution in [2.24, 2.45) is 9.98 Å². The Morgan fingerprint density at radius 1 is 0.727 bits per heavy atom. The Balaban J connectivity index is 1.89. The standard InChI is InChI=1S/C18H28N4/c1-21(2,3)11-13-9-19-17-8-16-14(12-22(4,5)6)10-20-18(16)7-15(13)17/h7-10,13-14H,11-12H2,1-6H3/q+2. The second-order valence-corrected chi connectivity index (χ2v) is 8.68. The molecular formula is C18H28N4+2. The Hall–Kier alpha value is -1.52. The Kier molecular flexibility index (Phi) is 3.49. The van der Waals surface area contributed by atoms with Gasteiger partial charge in [0.05, 0.1) is 78.6 Å². The summed E-state index contributed by atoms with van der Waals surface area (Å²) in [5.74, 6) is 0.820. The van der Waals surface area contributed by atoms with E-state index in [9.17, 15) is 0 Å². The number of fused-ring (bicyclic) bond motifs is 2. The van der Waals surface area contributed by atoms with Crippen molar-refractivity contribution in [2.75, 3.05) is 55.4 Å². The molecule has 118 valence electrons. The van der Waals surface area contributed by atoms with Crippen molar-refractivity contribution >= 4 is 23.8 Å². The monoisotopic (exact) mass is 300 g/mol. The van der Waals surface area contributed by atoms with E-state index >= 15 is 0 Å². The zero-order chi connectivity index (χ0) is 16.1. The molecule has 4 heteroatoms. The van der Waals surface area contributed by atoms with Crippen LogP contribution in [0.4, 0.5) is 11.4 Å². The topological polar surface area (TPSA) is 24.7 Å². The van der Waals surface area contributed by atoms with Gasteiger partial charge >= 0.3 is 0 Å². The van der Waals surface area contributed by atoms with Crippen LogP contribution in [0.2, 0.25) is 0 Å². The van der Waals surface area contributed by atoms with E-state index in [4.69, 9.17) is 0 Å². The molecular weight excluding hydrogens is 272 g/mol. The smallest absolute Gasteiger partial charge is 0.0901 e. The van der Waals surface area contributed by atoms with Gasteiger partial charge < -0.3 is 8.97 Å². The normalized spacial score (nSPS) is 23.0. The number of nitrogens with zero attached hydrogens (tertiary/aromatic N) is 4. The van der Waals surface area contributed by atoms with Crippen molar-refractivity contribution in [1.29, 1.82) is 0 Å². The van der Waals surface area contributed by atoms with Crippen molar-refractivity contribution < 1.29 is 8.97 Å². The molecule has 1 aromatic carbocycles. The lowest BCUT2D eigenvalue weighted by molar-refractivity contribution is -0.870. The van der Waals surface area contributed by atoms with E-state index in [0.717, 1.165) is 33.4 Å². The number of likely N-dealkylation sites (N-methyl/N-ethyl adjacent to an activating group) is 2. The van der Waals surface area contributed by atoms with E-state index in [2.05, 4.69) is 76.8 Å². The molecule has 0 aliphatic carbocycles. The third-order valence-corrected chi connectivity index (χ3v) is 4.25. The second-order valence-electron chi connectivity index (χ2n) is 8.68. The van der Waals surface area contributed by atoms with Crippen molar-refractivity contribution in [2.45, 2.75) is 11.8 Å². The first-order valence-corrected chi connectivity index (χ1v) is 7.99. The van der Waals surface area contributed by atoms with Crippen molar-refractivity contribution in [3.8, 4) is 0 Å². The van der Waals surface area contributed by atoms with Crippen LogP contribution >= 0.6 is 0 Å². The molecule has 3 rings (SSSR count). The third-order valence-electron chi connectivity index (χ3n) is 4.25. The fourth-order valence-electron chi connectivity index (χ4n) is 3.40. The lowest BCUT2D eigenvalue weighted by Crippen LogP contribution is -2.38. The molecule has 0 spiro atoms. The SMILES string of the molecule is C[N+](C)(C)CC1C=Nc2cc3c(cc21)N=CC3C[N+](C)(C)C. The maximum atomic E-state index is 4.68. The summed E-state index contributed by atoms with van der Waals surface area (Å²) in [7, 11) is 13.4. The number of rotatable bonds is 4. The molecule has 2 unspecified atom stereocenters. The minimum absolute atomic E-state index is 0.410. The molecule has 0 N–H and O–H groups in total. The summed E-state index contributed by atoms with van der Waals surface area (Å²) in [6.45, 7) is 2.14. The fourth-order valence-corrected chi connectivity index (χ4v) is 3.40. The summed E-state index contributed by atoms with van der Waals surface area (Å²) in [6, 6.07) is 4.54. The van der Waals surface area contributed by atoms with Crippen LogP contribution in [-0.4, -0.2) is 76.8 Å². The molecule has 0 saturated heterocycles. The molecule has 2 atom stereocenters. The van der Waals surface area contributed by atoms with Gasteiger partial charge in [-0.3, -0.25) is 9.98 Å². The number of benzene rings is 1. The zero-order valence-corrected chi connectivity index (χ0v) is 14.7. The molecule has 1 aromatic rings. The maximum absolute atomic E-state index is 4.68. The predicted molar refractivity (Wildman–Crippen MR) is 94.0 cm³/mol. The van der Waals surface area contributed by atoms with Gasteiger partial charge in [-0.15, -0.1) is 0 Å². The summed E-state index contributed by atoms with van der Waals surface area (Å²) >= 11 is 0. The number of quaternary nitrogens is 2. The predicted octanol–water partition coefficient (Wildman–Crippen LogP) is 2.70. The zero-order valence-electron chi connectivity index (χ0n) is 14.7. The molecule has 22 heavy (non-hydrogen) atoms. The van der Waals surface area contributed by atoms with E-state index in [1.165, 1.54) is 11.1 Å². The summed E-state index contributed by atoms with van der Waals surface area (Å²) in [4.78, 5) is 9.36. The molecule has 0 fully saturated rings. The van der Waals surface area contributed by atoms with Crippen LogP contribution in [0, 0.1) is 0 Å². The van der Waals surface area contributed by atoms with Crippen molar-refractivity contribution in [3.05, 3.63) is 23.3 Å². The molecule has 0 amide bonds. The Labute approximate surface area is 134 Å². The summed E-state index contributed by atoms with van der Waals surface area (Å²) in [5, 5.41) is 0. The van der Waals surface area contributed by atoms with Gasteiger partial charge in [0.2, 0.25) is 0 Å². The average molecular weight is 300 g/mol. The van der Waals surface area contributed by atoms with Crippen LogP contribution in [0.1, 0.15) is 23.0 Å². The Morgan fingerprint density at radius 3 is 1.41 bits per heavy atom. The van der Waals surface area contributed by atoms with E-state index < -0.39 is 0 Å². The highest BCUT2D eigenvalue weighted by Crippen LogP contribution is 2.42. The quantitative estimate of drug-likeness (QED) is 0.764. The van der Waals surface area contributed by atoms with Crippen LogP contribution in [0.25, 0.3) is 0 Å². The molecule has 0 aromatic heterocycles. The highest BCUT2D eigenvalue weighted by Gasteiger charge is 2.30. The molecule has 0 saturated carbocycles. The number of aliphatic imine (C=N–C) groups is 2. The van der Waals surface area contributed by atoms with Crippen LogP contribution in [0.5, 0.6) is 0 Å². The first-order valence-electron chi connectivity index (χ1n) is 7.99. The van der Waals surface area contributed by atoms with Crippen LogP contribution in [-0.2, 0) is 0 Å². The number of hydrogen-bond donors (Lipinski definition) is 0. The highest BCUT2D eigenvalue weighted by atomic mass is 15.3. The number of hydrogen-bond acceptors (Lipinski definition) is 2. The van der Waals surface area contributed by atoms with Gasteiger partial charge in [0.15, 0.2) is 0 Å². The average Bonchev–Trinajstić information content (AvgIpc) is 2.89. The van der Waals surface area contributed by atoms with Gasteiger partial charge in [-0.05, 0) is 23.3 Å². The van der Waals surface area contributed by atoms with E-state index in [-0.39, 0.29) is 0 Å². The Morgan fingerprint density at radius 2 is 1.09 bits per heavy atom. The van der Waals surface area contributed by atoms with Crippen LogP contribution < -0.4 is 0 Å². The largest absolute Gasteiger partial charge is 0.330 e. The first kappa shape index (κ1) is 15.4. The van der Waals surface area contributed by atoms with E-state index in [1.54, 1.807) is 0 Å². The second kappa shape index (κ2) is 5.00. The van der Waals surface area contributed by atoms with Crippen LogP contribution in [0.15, 0.2) is 22.1 Å². The molecule has 4 nitrogen and oxygen atoms in total. The van der Waals surface area contributed by atoms with Gasteiger partial charge in [0, 0.05) is 12.4 Å². The minimum atomic E-state index is 0.410. The lowest BCUT2D eigenvalue weighted by atomic mass is 9.93. The lowest BCUT2D eigenvalue weighted by Gasteiger charge is -2.27. The molecule has 2 heterocycles. The minimum Gasteiger partial charge on any atom is -0.330 e. The van der Waals surface area contributed by atoms with Gasteiger partial charge in [-0.1, -0.05) is 0 Å². The van der Waals surface area contributed by atoms with Gasteiger partial charge in [-0.25, -0.2) is 0 Å². The van der Waals surface area contributed by atoms with Gasteiger partial charge in [0.1, 0.15) is 0 Å². The molecule has 0 radical (unpaired) electrons. The molecule has 0 bridgehead atoms. The maximum Gasteiger partial charge on any atom is 0.0901 e. The summed E-state index contributed by atoms with van der Waals surface area (Å²) in [6.07, 6.45) is 4.23. The van der Waals surface area contributed by atoms with Crippen molar-refractivity contribution in [3.63, 3.8) is 0 Å². The van der Waals surface area contributed by atoms with Gasteiger partial charge in [0.25, 0.3) is 0 Å². The highest BCUT2D eigenvalue weighted by molar-refractivity contribution is 5.87. The van der Waals surface area contributed by atoms with Crippen LogP contribution in [0.3, 0.4) is 0 Å². The van der Waals surface area contributed by atoms with Crippen molar-refractivity contribution in [1.82, 2.24) is 0 Å². The summed E-state index contributed by atoms with van der Waals surface area (Å²) < 4.78 is 1.89. The van der Waals surface area contributed by atoms with E-state index in [1.807, 2.05) is 0 Å². The van der Waals surface area contributed by atoms with E-state index in [0.29, 0.717) is 11.8 Å². The Bertz CT molecular complexity index is 587. The molecule has 2 aliphatic rings. The fraction of sp³-hybridized carbons (Fsp3) is 0.556.